The number of anilines is 1. The Hall–Kier alpha value is -2.31. The summed E-state index contributed by atoms with van der Waals surface area (Å²) >= 11 is 0. The zero-order valence-electron chi connectivity index (χ0n) is 17.0. The van der Waals surface area contributed by atoms with Crippen molar-refractivity contribution in [3.63, 3.8) is 0 Å². The van der Waals surface area contributed by atoms with Gasteiger partial charge in [-0.3, -0.25) is 4.90 Å². The summed E-state index contributed by atoms with van der Waals surface area (Å²) in [5.74, 6) is 1.44. The van der Waals surface area contributed by atoms with Crippen LogP contribution in [-0.4, -0.2) is 42.0 Å². The fourth-order valence-electron chi connectivity index (χ4n) is 4.23. The molecule has 0 aromatic heterocycles. The largest absolute Gasteiger partial charge is 0.492 e. The molecule has 0 radical (unpaired) electrons. The lowest BCUT2D eigenvalue weighted by Gasteiger charge is -2.34. The molecule has 1 fully saturated rings. The van der Waals surface area contributed by atoms with Crippen molar-refractivity contribution in [2.75, 3.05) is 25.0 Å². The van der Waals surface area contributed by atoms with E-state index in [-0.39, 0.29) is 23.9 Å². The van der Waals surface area contributed by atoms with Gasteiger partial charge in [0.05, 0.1) is 5.69 Å². The zero-order chi connectivity index (χ0) is 20.4. The third kappa shape index (κ3) is 4.49. The quantitative estimate of drug-likeness (QED) is 0.762. The van der Waals surface area contributed by atoms with Crippen LogP contribution in [0.15, 0.2) is 42.5 Å². The average Bonchev–Trinajstić information content (AvgIpc) is 3.16. The predicted octanol–water partition coefficient (Wildman–Crippen LogP) is 4.19. The molecule has 4 rings (SSSR count). The number of benzene rings is 2. The second kappa shape index (κ2) is 8.59. The Kier molecular flexibility index (Phi) is 5.92. The van der Waals surface area contributed by atoms with Gasteiger partial charge in [-0.1, -0.05) is 26.0 Å². The number of halogens is 1. The van der Waals surface area contributed by atoms with E-state index in [0.717, 1.165) is 42.9 Å². The van der Waals surface area contributed by atoms with Crippen LogP contribution in [0.2, 0.25) is 0 Å². The van der Waals surface area contributed by atoms with Crippen LogP contribution in [0, 0.1) is 11.7 Å². The van der Waals surface area contributed by atoms with Gasteiger partial charge in [0.25, 0.3) is 0 Å². The van der Waals surface area contributed by atoms with Crippen LogP contribution in [0.5, 0.6) is 11.5 Å². The van der Waals surface area contributed by atoms with E-state index >= 15 is 0 Å². The maximum absolute atomic E-state index is 13.6. The number of ether oxygens (including phenoxy) is 2. The van der Waals surface area contributed by atoms with E-state index in [1.807, 2.05) is 38.1 Å². The van der Waals surface area contributed by atoms with Crippen molar-refractivity contribution in [2.45, 2.75) is 45.1 Å². The fourth-order valence-corrected chi connectivity index (χ4v) is 4.23. The number of nitrogens with one attached hydrogen (secondary N) is 1. The Morgan fingerprint density at radius 1 is 1.28 bits per heavy atom. The van der Waals surface area contributed by atoms with Gasteiger partial charge in [0.15, 0.2) is 6.23 Å². The highest BCUT2D eigenvalue weighted by Gasteiger charge is 2.30. The van der Waals surface area contributed by atoms with E-state index in [0.29, 0.717) is 12.4 Å². The molecule has 29 heavy (non-hydrogen) atoms. The molecular formula is C23H29FN2O3. The van der Waals surface area contributed by atoms with Gasteiger partial charge >= 0.3 is 0 Å². The number of likely N-dealkylation sites (tertiary alicyclic amines) is 1. The first-order chi connectivity index (χ1) is 14.0. The first-order valence-corrected chi connectivity index (χ1v) is 10.4. The van der Waals surface area contributed by atoms with E-state index in [1.165, 1.54) is 6.07 Å². The summed E-state index contributed by atoms with van der Waals surface area (Å²) in [6.07, 6.45) is 1.14. The van der Waals surface area contributed by atoms with Crippen LogP contribution in [-0.2, 0) is 0 Å². The third-order valence-corrected chi connectivity index (χ3v) is 5.73. The number of aliphatic hydroxyl groups is 1. The lowest BCUT2D eigenvalue weighted by Crippen LogP contribution is -2.44. The molecule has 2 aromatic carbocycles. The molecule has 2 aliphatic heterocycles. The minimum atomic E-state index is -0.718. The highest BCUT2D eigenvalue weighted by Crippen LogP contribution is 2.36. The smallest absolute Gasteiger partial charge is 0.162 e. The number of aliphatic hydroxyl groups excluding tert-OH is 1. The van der Waals surface area contributed by atoms with Crippen LogP contribution < -0.4 is 14.8 Å². The number of hydrogen-bond acceptors (Lipinski definition) is 5. The average molecular weight is 400 g/mol. The zero-order valence-corrected chi connectivity index (χ0v) is 17.0. The minimum absolute atomic E-state index is 0.182. The summed E-state index contributed by atoms with van der Waals surface area (Å²) in [6, 6.07) is 12.8. The highest BCUT2D eigenvalue weighted by atomic mass is 19.1. The fraction of sp³-hybridized carbons (Fsp3) is 0.478. The number of nitrogens with zero attached hydrogens (tertiary/aromatic N) is 1. The molecule has 0 bridgehead atoms. The normalized spacial score (nSPS) is 24.1. The van der Waals surface area contributed by atoms with Crippen molar-refractivity contribution in [2.24, 2.45) is 5.92 Å². The molecule has 0 spiro atoms. The molecule has 3 unspecified atom stereocenters. The summed E-state index contributed by atoms with van der Waals surface area (Å²) in [5, 5.41) is 13.2. The molecule has 2 aliphatic rings. The second-order valence-corrected chi connectivity index (χ2v) is 8.17. The van der Waals surface area contributed by atoms with Crippen molar-refractivity contribution in [1.82, 2.24) is 4.90 Å². The molecule has 156 valence electrons. The van der Waals surface area contributed by atoms with E-state index in [1.54, 1.807) is 12.1 Å². The van der Waals surface area contributed by atoms with Gasteiger partial charge in [-0.25, -0.2) is 4.39 Å². The van der Waals surface area contributed by atoms with Crippen LogP contribution in [0.1, 0.15) is 38.3 Å². The van der Waals surface area contributed by atoms with E-state index in [2.05, 4.69) is 10.2 Å². The molecule has 3 atom stereocenters. The molecule has 2 N–H and O–H groups in total. The van der Waals surface area contributed by atoms with Gasteiger partial charge in [0, 0.05) is 18.7 Å². The molecule has 0 amide bonds. The Bertz CT molecular complexity index is 845. The molecule has 0 aliphatic carbocycles. The number of rotatable bonds is 6. The van der Waals surface area contributed by atoms with Crippen LogP contribution >= 0.6 is 0 Å². The van der Waals surface area contributed by atoms with Crippen LogP contribution in [0.25, 0.3) is 0 Å². The van der Waals surface area contributed by atoms with Crippen molar-refractivity contribution >= 4 is 5.69 Å². The standard InChI is InChI=1S/C23H29FN2O3/c1-15(2)22-23(27)25-19-9-8-18(14-21(19)29-22)28-12-11-26-10-4-7-20(26)16-5-3-6-17(24)13-16/h3,5-6,8-9,13-15,20,22-23,25,27H,4,7,10-12H2,1-2H3. The lowest BCUT2D eigenvalue weighted by atomic mass is 10.0. The predicted molar refractivity (Wildman–Crippen MR) is 111 cm³/mol. The summed E-state index contributed by atoms with van der Waals surface area (Å²) in [6.45, 7) is 6.37. The molecule has 2 aromatic rings. The van der Waals surface area contributed by atoms with E-state index in [9.17, 15) is 9.50 Å². The van der Waals surface area contributed by atoms with Gasteiger partial charge in [0.1, 0.15) is 30.0 Å². The maximum atomic E-state index is 13.6. The van der Waals surface area contributed by atoms with Gasteiger partial charge in [-0.05, 0) is 55.1 Å². The van der Waals surface area contributed by atoms with Crippen molar-refractivity contribution in [3.05, 3.63) is 53.8 Å². The van der Waals surface area contributed by atoms with Crippen LogP contribution in [0.4, 0.5) is 10.1 Å². The highest BCUT2D eigenvalue weighted by molar-refractivity contribution is 5.61. The van der Waals surface area contributed by atoms with Crippen molar-refractivity contribution < 1.29 is 19.0 Å². The minimum Gasteiger partial charge on any atom is -0.492 e. The Morgan fingerprint density at radius 3 is 2.93 bits per heavy atom. The molecule has 6 heteroatoms. The summed E-state index contributed by atoms with van der Waals surface area (Å²) in [5.41, 5.74) is 1.81. The van der Waals surface area contributed by atoms with Gasteiger partial charge in [0.2, 0.25) is 0 Å². The SMILES string of the molecule is CC(C)C1Oc2cc(OCCN3CCCC3c3cccc(F)c3)ccc2NC1O. The van der Waals surface area contributed by atoms with E-state index in [4.69, 9.17) is 9.47 Å². The first-order valence-electron chi connectivity index (χ1n) is 10.4. The number of fused-ring (bicyclic) bond motifs is 1. The first kappa shape index (κ1) is 20.0. The Morgan fingerprint density at radius 2 is 2.14 bits per heavy atom. The summed E-state index contributed by atoms with van der Waals surface area (Å²) in [4.78, 5) is 2.36. The van der Waals surface area contributed by atoms with Crippen LogP contribution in [0.3, 0.4) is 0 Å². The molecule has 1 saturated heterocycles. The Labute approximate surface area is 171 Å². The Balaban J connectivity index is 1.36. The van der Waals surface area contributed by atoms with E-state index < -0.39 is 6.23 Å². The third-order valence-electron chi connectivity index (χ3n) is 5.73. The van der Waals surface area contributed by atoms with Crippen molar-refractivity contribution in [3.8, 4) is 11.5 Å². The van der Waals surface area contributed by atoms with Gasteiger partial charge in [-0.2, -0.15) is 0 Å². The molecular weight excluding hydrogens is 371 g/mol. The summed E-state index contributed by atoms with van der Waals surface area (Å²) < 4.78 is 25.5. The maximum Gasteiger partial charge on any atom is 0.162 e. The van der Waals surface area contributed by atoms with Gasteiger partial charge in [-0.15, -0.1) is 0 Å². The van der Waals surface area contributed by atoms with Gasteiger partial charge < -0.3 is 19.9 Å². The molecule has 2 heterocycles. The monoisotopic (exact) mass is 400 g/mol. The summed E-state index contributed by atoms with van der Waals surface area (Å²) in [7, 11) is 0. The topological polar surface area (TPSA) is 54.0 Å². The molecule has 5 nitrogen and oxygen atoms in total. The second-order valence-electron chi connectivity index (χ2n) is 8.17. The lowest BCUT2D eigenvalue weighted by molar-refractivity contribution is 0.0169. The molecule has 0 saturated carbocycles. The number of hydrogen-bond donors (Lipinski definition) is 2. The van der Waals surface area contributed by atoms with Crippen molar-refractivity contribution in [1.29, 1.82) is 0 Å².